The number of hydrogen-bond acceptors (Lipinski definition) is 5. The molecule has 2 atom stereocenters. The van der Waals surface area contributed by atoms with Gasteiger partial charge >= 0.3 is 0 Å². The molecule has 1 aromatic heterocycles. The number of halogens is 1. The van der Waals surface area contributed by atoms with E-state index in [0.717, 1.165) is 40.8 Å². The molecule has 2 aromatic carbocycles. The number of pyridine rings is 1. The SMILES string of the molecule is C[C@H](CCC[C@@H](SCCC(C)(C)O)c1cccc(/C=C/c2ccc3ccc(Cl)cc3n2)c1)C(=O)[O-]. The molecule has 0 fully saturated rings. The number of carbonyl (C=O) groups is 1. The van der Waals surface area contributed by atoms with Crippen LogP contribution >= 0.6 is 23.4 Å². The summed E-state index contributed by atoms with van der Waals surface area (Å²) in [5, 5.41) is 23.1. The Hall–Kier alpha value is -2.34. The number of nitrogens with zero attached hydrogens (tertiary/aromatic N) is 1. The topological polar surface area (TPSA) is 73.2 Å². The minimum atomic E-state index is -0.993. The average Bonchev–Trinajstić information content (AvgIpc) is 2.80. The van der Waals surface area contributed by atoms with Gasteiger partial charge in [0.15, 0.2) is 0 Å². The highest BCUT2D eigenvalue weighted by molar-refractivity contribution is 7.99. The van der Waals surface area contributed by atoms with E-state index < -0.39 is 17.5 Å². The Labute approximate surface area is 217 Å². The molecule has 4 nitrogen and oxygen atoms in total. The van der Waals surface area contributed by atoms with E-state index in [-0.39, 0.29) is 5.25 Å². The van der Waals surface area contributed by atoms with Gasteiger partial charge in [-0.1, -0.05) is 67.4 Å². The molecule has 0 bridgehead atoms. The fourth-order valence-electron chi connectivity index (χ4n) is 3.77. The lowest BCUT2D eigenvalue weighted by Gasteiger charge is -2.22. The lowest BCUT2D eigenvalue weighted by atomic mass is 9.99. The predicted octanol–water partition coefficient (Wildman–Crippen LogP) is 6.55. The number of aromatic nitrogens is 1. The molecule has 0 radical (unpaired) electrons. The number of aliphatic hydroxyl groups is 1. The first kappa shape index (κ1) is 27.3. The summed E-state index contributed by atoms with van der Waals surface area (Å²) in [6, 6.07) is 18.1. The van der Waals surface area contributed by atoms with Gasteiger partial charge in [0, 0.05) is 21.6 Å². The van der Waals surface area contributed by atoms with E-state index in [1.54, 1.807) is 6.92 Å². The fourth-order valence-corrected chi connectivity index (χ4v) is 5.51. The minimum Gasteiger partial charge on any atom is -0.550 e. The van der Waals surface area contributed by atoms with Gasteiger partial charge in [0.2, 0.25) is 0 Å². The van der Waals surface area contributed by atoms with Crippen molar-refractivity contribution in [1.82, 2.24) is 4.98 Å². The van der Waals surface area contributed by atoms with Crippen LogP contribution in [0.25, 0.3) is 23.1 Å². The maximum atomic E-state index is 11.1. The van der Waals surface area contributed by atoms with Crippen LogP contribution in [0.4, 0.5) is 0 Å². The van der Waals surface area contributed by atoms with Crippen molar-refractivity contribution >= 4 is 52.4 Å². The fraction of sp³-hybridized carbons (Fsp3) is 0.379. The molecule has 3 aromatic rings. The quantitative estimate of drug-likeness (QED) is 0.299. The van der Waals surface area contributed by atoms with Gasteiger partial charge in [-0.15, -0.1) is 0 Å². The number of carboxylic acid groups (broad SMARTS) is 1. The molecule has 0 amide bonds. The van der Waals surface area contributed by atoms with Crippen molar-refractivity contribution in [2.45, 2.75) is 57.3 Å². The number of fused-ring (bicyclic) bond motifs is 1. The molecular formula is C29H33ClNO3S-. The zero-order valence-corrected chi connectivity index (χ0v) is 22.1. The molecule has 35 heavy (non-hydrogen) atoms. The van der Waals surface area contributed by atoms with E-state index >= 15 is 0 Å². The number of rotatable bonds is 12. The molecule has 3 rings (SSSR count). The Morgan fingerprint density at radius 1 is 1.14 bits per heavy atom. The van der Waals surface area contributed by atoms with Crippen molar-refractivity contribution in [3.63, 3.8) is 0 Å². The maximum absolute atomic E-state index is 11.1. The van der Waals surface area contributed by atoms with Crippen molar-refractivity contribution in [2.24, 2.45) is 5.92 Å². The minimum absolute atomic E-state index is 0.223. The second-order valence-electron chi connectivity index (χ2n) is 9.65. The summed E-state index contributed by atoms with van der Waals surface area (Å²) in [5.41, 5.74) is 3.29. The molecule has 186 valence electrons. The van der Waals surface area contributed by atoms with Gasteiger partial charge in [-0.25, -0.2) is 4.98 Å². The third-order valence-electron chi connectivity index (χ3n) is 5.94. The number of thioether (sulfide) groups is 1. The van der Waals surface area contributed by atoms with Crippen molar-refractivity contribution in [2.75, 3.05) is 5.75 Å². The van der Waals surface area contributed by atoms with Crippen molar-refractivity contribution in [1.29, 1.82) is 0 Å². The summed E-state index contributed by atoms with van der Waals surface area (Å²) in [5.74, 6) is -0.614. The van der Waals surface area contributed by atoms with E-state index in [1.807, 2.05) is 62.0 Å². The normalized spacial score (nSPS) is 13.9. The van der Waals surface area contributed by atoms with E-state index in [1.165, 1.54) is 5.56 Å². The lowest BCUT2D eigenvalue weighted by Crippen LogP contribution is -2.29. The Kier molecular flexibility index (Phi) is 9.79. The molecule has 6 heteroatoms. The zero-order chi connectivity index (χ0) is 25.4. The number of carboxylic acids is 1. The molecule has 0 aliphatic rings. The standard InChI is InChI=1S/C29H34ClNO3S/c1-20(28(32)33)6-4-9-27(35-17-16-29(2,3)34)23-8-5-7-21(18-23)10-14-25-15-12-22-11-13-24(30)19-26(22)31-25/h5,7-8,10-15,18-20,27,34H,4,6,9,16-17H2,1-3H3,(H,32,33)/p-1/b14-10+/t20-,27-/m1/s1. The summed E-state index contributed by atoms with van der Waals surface area (Å²) in [7, 11) is 0. The number of aliphatic carboxylic acids is 1. The summed E-state index contributed by atoms with van der Waals surface area (Å²) >= 11 is 7.93. The summed E-state index contributed by atoms with van der Waals surface area (Å²) in [4.78, 5) is 15.8. The third kappa shape index (κ3) is 8.99. The van der Waals surface area contributed by atoms with Crippen LogP contribution in [0.2, 0.25) is 5.02 Å². The van der Waals surface area contributed by atoms with Crippen LogP contribution < -0.4 is 5.11 Å². The predicted molar refractivity (Wildman–Crippen MR) is 146 cm³/mol. The van der Waals surface area contributed by atoms with E-state index in [2.05, 4.69) is 30.3 Å². The Bertz CT molecular complexity index is 1170. The molecule has 0 unspecified atom stereocenters. The highest BCUT2D eigenvalue weighted by Crippen LogP contribution is 2.36. The monoisotopic (exact) mass is 510 g/mol. The van der Waals surface area contributed by atoms with Crippen LogP contribution in [0.15, 0.2) is 54.6 Å². The Balaban J connectivity index is 1.74. The van der Waals surface area contributed by atoms with Crippen LogP contribution in [0, 0.1) is 5.92 Å². The van der Waals surface area contributed by atoms with Crippen LogP contribution in [0.5, 0.6) is 0 Å². The van der Waals surface area contributed by atoms with Gasteiger partial charge in [0.25, 0.3) is 0 Å². The zero-order valence-electron chi connectivity index (χ0n) is 20.5. The molecule has 0 aliphatic carbocycles. The van der Waals surface area contributed by atoms with Crippen LogP contribution in [0.1, 0.15) is 68.5 Å². The smallest absolute Gasteiger partial charge is 0.0724 e. The first-order chi connectivity index (χ1) is 16.6. The van der Waals surface area contributed by atoms with Crippen LogP contribution in [0.3, 0.4) is 0 Å². The second kappa shape index (κ2) is 12.6. The molecule has 1 heterocycles. The second-order valence-corrected chi connectivity index (χ2v) is 11.4. The molecule has 0 saturated carbocycles. The molecule has 1 N–H and O–H groups in total. The first-order valence-electron chi connectivity index (χ1n) is 12.0. The molecule has 0 spiro atoms. The largest absolute Gasteiger partial charge is 0.550 e. The van der Waals surface area contributed by atoms with Crippen LogP contribution in [-0.4, -0.2) is 27.4 Å². The molecular weight excluding hydrogens is 478 g/mol. The van der Waals surface area contributed by atoms with Gasteiger partial charge in [-0.2, -0.15) is 11.8 Å². The van der Waals surface area contributed by atoms with Gasteiger partial charge in [0.1, 0.15) is 0 Å². The summed E-state index contributed by atoms with van der Waals surface area (Å²) in [6.45, 7) is 5.35. The Morgan fingerprint density at radius 2 is 1.91 bits per heavy atom. The average molecular weight is 511 g/mol. The number of carbonyl (C=O) groups excluding carboxylic acids is 1. The number of benzene rings is 2. The van der Waals surface area contributed by atoms with Crippen molar-refractivity contribution < 1.29 is 15.0 Å². The summed E-state index contributed by atoms with van der Waals surface area (Å²) in [6.07, 6.45) is 7.02. The summed E-state index contributed by atoms with van der Waals surface area (Å²) < 4.78 is 0. The highest BCUT2D eigenvalue weighted by Gasteiger charge is 2.17. The first-order valence-corrected chi connectivity index (χ1v) is 13.4. The lowest BCUT2D eigenvalue weighted by molar-refractivity contribution is -0.311. The van der Waals surface area contributed by atoms with Gasteiger partial charge in [0.05, 0.1) is 16.8 Å². The van der Waals surface area contributed by atoms with Gasteiger partial charge in [-0.3, -0.25) is 0 Å². The van der Waals surface area contributed by atoms with E-state index in [0.29, 0.717) is 17.9 Å². The van der Waals surface area contributed by atoms with E-state index in [4.69, 9.17) is 16.6 Å². The molecule has 0 aliphatic heterocycles. The maximum Gasteiger partial charge on any atom is 0.0724 e. The van der Waals surface area contributed by atoms with Crippen LogP contribution in [-0.2, 0) is 4.79 Å². The third-order valence-corrected chi connectivity index (χ3v) is 7.53. The van der Waals surface area contributed by atoms with E-state index in [9.17, 15) is 15.0 Å². The highest BCUT2D eigenvalue weighted by atomic mass is 35.5. The molecule has 0 saturated heterocycles. The van der Waals surface area contributed by atoms with Gasteiger partial charge in [-0.05, 0) is 80.2 Å². The Morgan fingerprint density at radius 3 is 2.66 bits per heavy atom. The van der Waals surface area contributed by atoms with Crippen molar-refractivity contribution in [3.8, 4) is 0 Å². The van der Waals surface area contributed by atoms with Gasteiger partial charge < -0.3 is 15.0 Å². The van der Waals surface area contributed by atoms with Crippen molar-refractivity contribution in [3.05, 3.63) is 76.4 Å². The number of hydrogen-bond donors (Lipinski definition) is 1.